The highest BCUT2D eigenvalue weighted by Gasteiger charge is 2.17. The van der Waals surface area contributed by atoms with E-state index in [1.54, 1.807) is 6.07 Å². The van der Waals surface area contributed by atoms with Crippen molar-refractivity contribution in [1.82, 2.24) is 20.2 Å². The number of benzene rings is 2. The molecule has 0 radical (unpaired) electrons. The molecule has 2 heterocycles. The second kappa shape index (κ2) is 7.00. The summed E-state index contributed by atoms with van der Waals surface area (Å²) in [4.78, 5) is 19.7. The number of aryl methyl sites for hydroxylation is 2. The highest BCUT2D eigenvalue weighted by Crippen LogP contribution is 2.33. The van der Waals surface area contributed by atoms with Crippen LogP contribution in [0.4, 0.5) is 0 Å². The third-order valence-electron chi connectivity index (χ3n) is 4.17. The van der Waals surface area contributed by atoms with Crippen LogP contribution >= 0.6 is 11.8 Å². The molecule has 0 aliphatic carbocycles. The van der Waals surface area contributed by atoms with Gasteiger partial charge in [-0.15, -0.1) is 10.2 Å². The highest BCUT2D eigenvalue weighted by atomic mass is 32.2. The zero-order chi connectivity index (χ0) is 19.0. The molecule has 27 heavy (non-hydrogen) atoms. The van der Waals surface area contributed by atoms with Gasteiger partial charge in [0.2, 0.25) is 5.89 Å². The van der Waals surface area contributed by atoms with Crippen LogP contribution in [-0.2, 0) is 0 Å². The molecular weight excluding hydrogens is 360 g/mol. The predicted molar refractivity (Wildman–Crippen MR) is 106 cm³/mol. The summed E-state index contributed by atoms with van der Waals surface area (Å²) in [6, 6.07) is 13.4. The van der Waals surface area contributed by atoms with Crippen LogP contribution in [0.3, 0.4) is 0 Å². The highest BCUT2D eigenvalue weighted by molar-refractivity contribution is 7.99. The number of hydrogen-bond acceptors (Lipinski definition) is 6. The van der Waals surface area contributed by atoms with Crippen LogP contribution in [0.15, 0.2) is 56.9 Å². The number of thioether (sulfide) groups is 1. The molecule has 7 heteroatoms. The number of hydrogen-bond donors (Lipinski definition) is 1. The van der Waals surface area contributed by atoms with Crippen molar-refractivity contribution in [3.05, 3.63) is 69.8 Å². The van der Waals surface area contributed by atoms with E-state index in [1.165, 1.54) is 11.8 Å². The number of nitrogens with one attached hydrogen (secondary N) is 1. The summed E-state index contributed by atoms with van der Waals surface area (Å²) in [5.74, 6) is 1.06. The minimum absolute atomic E-state index is 0.144. The van der Waals surface area contributed by atoms with E-state index < -0.39 is 0 Å². The van der Waals surface area contributed by atoms with Gasteiger partial charge >= 0.3 is 0 Å². The molecule has 2 aromatic carbocycles. The van der Waals surface area contributed by atoms with E-state index in [9.17, 15) is 4.79 Å². The summed E-state index contributed by atoms with van der Waals surface area (Å²) < 4.78 is 5.81. The molecule has 0 saturated carbocycles. The van der Waals surface area contributed by atoms with Gasteiger partial charge < -0.3 is 9.40 Å². The van der Waals surface area contributed by atoms with Crippen molar-refractivity contribution < 1.29 is 4.42 Å². The monoisotopic (exact) mass is 378 g/mol. The molecular formula is C20H18N4O2S. The topological polar surface area (TPSA) is 84.7 Å². The normalized spacial score (nSPS) is 12.4. The first kappa shape index (κ1) is 17.5. The first-order valence-electron chi connectivity index (χ1n) is 8.57. The number of para-hydroxylation sites is 1. The van der Waals surface area contributed by atoms with Crippen molar-refractivity contribution in [2.45, 2.75) is 31.2 Å². The molecule has 6 nitrogen and oxygen atoms in total. The molecule has 0 unspecified atom stereocenters. The van der Waals surface area contributed by atoms with Gasteiger partial charge in [-0.2, -0.15) is 0 Å². The Morgan fingerprint density at radius 1 is 1.07 bits per heavy atom. The van der Waals surface area contributed by atoms with Crippen LogP contribution in [0, 0.1) is 13.8 Å². The van der Waals surface area contributed by atoms with E-state index in [0.29, 0.717) is 27.8 Å². The second-order valence-corrected chi connectivity index (χ2v) is 7.77. The molecule has 136 valence electrons. The minimum Gasteiger partial charge on any atom is -0.411 e. The summed E-state index contributed by atoms with van der Waals surface area (Å²) in [5.41, 5.74) is 3.71. The third kappa shape index (κ3) is 3.64. The molecule has 2 aromatic heterocycles. The Kier molecular flexibility index (Phi) is 4.53. The van der Waals surface area contributed by atoms with Gasteiger partial charge in [0, 0.05) is 5.56 Å². The van der Waals surface area contributed by atoms with E-state index in [0.717, 1.165) is 16.7 Å². The maximum absolute atomic E-state index is 12.3. The molecule has 4 aromatic rings. The molecule has 0 aliphatic rings. The van der Waals surface area contributed by atoms with Crippen molar-refractivity contribution in [3.8, 4) is 11.5 Å². The Morgan fingerprint density at radius 2 is 1.81 bits per heavy atom. The lowest BCUT2D eigenvalue weighted by Crippen LogP contribution is -2.12. The van der Waals surface area contributed by atoms with Gasteiger partial charge in [-0.1, -0.05) is 41.1 Å². The number of aromatic nitrogens is 4. The van der Waals surface area contributed by atoms with Gasteiger partial charge in [-0.25, -0.2) is 4.98 Å². The zero-order valence-electron chi connectivity index (χ0n) is 15.2. The Morgan fingerprint density at radius 3 is 2.59 bits per heavy atom. The lowest BCUT2D eigenvalue weighted by Gasteiger charge is -2.08. The van der Waals surface area contributed by atoms with Crippen molar-refractivity contribution in [2.24, 2.45) is 0 Å². The van der Waals surface area contributed by atoms with Crippen molar-refractivity contribution in [2.75, 3.05) is 0 Å². The van der Waals surface area contributed by atoms with Gasteiger partial charge in [-0.05, 0) is 45.0 Å². The number of rotatable bonds is 4. The minimum atomic E-state index is -0.149. The van der Waals surface area contributed by atoms with Crippen molar-refractivity contribution in [3.63, 3.8) is 0 Å². The van der Waals surface area contributed by atoms with Gasteiger partial charge in [0.1, 0.15) is 5.82 Å². The van der Waals surface area contributed by atoms with Crippen LogP contribution in [-0.4, -0.2) is 20.2 Å². The van der Waals surface area contributed by atoms with Crippen LogP contribution in [0.25, 0.3) is 22.4 Å². The summed E-state index contributed by atoms with van der Waals surface area (Å²) in [7, 11) is 0. The fraction of sp³-hybridized carbons (Fsp3) is 0.200. The first-order chi connectivity index (χ1) is 13.0. The molecule has 1 N–H and O–H groups in total. The molecule has 0 amide bonds. The Labute approximate surface area is 160 Å². The van der Waals surface area contributed by atoms with E-state index in [2.05, 4.69) is 26.2 Å². The van der Waals surface area contributed by atoms with E-state index >= 15 is 0 Å². The lowest BCUT2D eigenvalue weighted by atomic mass is 10.1. The standard InChI is InChI=1S/C20H18N4O2S/c1-11-8-12(2)10-14(9-11)19-23-24-20(26-19)27-13(3)17-21-16-7-5-4-6-15(16)18(25)22-17/h4-10,13H,1-3H3,(H,21,22,25)/t13-/m1/s1. The summed E-state index contributed by atoms with van der Waals surface area (Å²) >= 11 is 1.36. The maximum atomic E-state index is 12.3. The lowest BCUT2D eigenvalue weighted by molar-refractivity contribution is 0.465. The molecule has 0 saturated heterocycles. The summed E-state index contributed by atoms with van der Waals surface area (Å²) in [6.07, 6.45) is 0. The maximum Gasteiger partial charge on any atom is 0.277 e. The quantitative estimate of drug-likeness (QED) is 0.528. The SMILES string of the molecule is Cc1cc(C)cc(-c2nnc(S[C@H](C)c3nc4ccccc4c(=O)[nH]3)o2)c1. The average Bonchev–Trinajstić information content (AvgIpc) is 3.09. The molecule has 4 rings (SSSR count). The summed E-state index contributed by atoms with van der Waals surface area (Å²) in [5, 5.41) is 9.15. The second-order valence-electron chi connectivity index (χ2n) is 6.48. The molecule has 1 atom stereocenters. The molecule has 0 spiro atoms. The van der Waals surface area contributed by atoms with Crippen LogP contribution in [0.2, 0.25) is 0 Å². The summed E-state index contributed by atoms with van der Waals surface area (Å²) in [6.45, 7) is 6.01. The fourth-order valence-electron chi connectivity index (χ4n) is 2.98. The van der Waals surface area contributed by atoms with Gasteiger partial charge in [0.15, 0.2) is 0 Å². The average molecular weight is 378 g/mol. The number of fused-ring (bicyclic) bond motifs is 1. The molecule has 0 fully saturated rings. The van der Waals surface area contributed by atoms with Crippen molar-refractivity contribution in [1.29, 1.82) is 0 Å². The third-order valence-corrected chi connectivity index (χ3v) is 5.11. The van der Waals surface area contributed by atoms with Gasteiger partial charge in [-0.3, -0.25) is 4.79 Å². The van der Waals surface area contributed by atoms with Crippen molar-refractivity contribution >= 4 is 22.7 Å². The Bertz CT molecular complexity index is 1160. The van der Waals surface area contributed by atoms with Gasteiger partial charge in [0.25, 0.3) is 10.8 Å². The Hall–Kier alpha value is -2.93. The zero-order valence-corrected chi connectivity index (χ0v) is 16.0. The number of aromatic amines is 1. The molecule has 0 aliphatic heterocycles. The van der Waals surface area contributed by atoms with Gasteiger partial charge in [0.05, 0.1) is 16.2 Å². The largest absolute Gasteiger partial charge is 0.411 e. The molecule has 0 bridgehead atoms. The first-order valence-corrected chi connectivity index (χ1v) is 9.45. The van der Waals surface area contributed by atoms with Crippen LogP contribution in [0.5, 0.6) is 0 Å². The van der Waals surface area contributed by atoms with E-state index in [1.807, 2.05) is 51.1 Å². The van der Waals surface area contributed by atoms with E-state index in [-0.39, 0.29) is 10.8 Å². The predicted octanol–water partition coefficient (Wildman–Crippen LogP) is 4.44. The Balaban J connectivity index is 1.59. The number of nitrogens with zero attached hydrogens (tertiary/aromatic N) is 3. The fourth-order valence-corrected chi connectivity index (χ4v) is 3.72. The van der Waals surface area contributed by atoms with E-state index in [4.69, 9.17) is 4.42 Å². The van der Waals surface area contributed by atoms with Crippen LogP contribution < -0.4 is 5.56 Å². The number of H-pyrrole nitrogens is 1. The van der Waals surface area contributed by atoms with Crippen LogP contribution in [0.1, 0.15) is 29.1 Å². The smallest absolute Gasteiger partial charge is 0.277 e.